The fraction of sp³-hybridized carbons (Fsp3) is 0.182. The molecule has 0 bridgehead atoms. The minimum atomic E-state index is -0.664. The van der Waals surface area contributed by atoms with Crippen LogP contribution in [0.15, 0.2) is 30.3 Å². The Kier molecular flexibility index (Phi) is 2.64. The molecule has 3 nitrogen and oxygen atoms in total. The molecule has 0 spiro atoms. The number of alkyl halides is 1. The highest BCUT2D eigenvalue weighted by atomic mass is 35.5. The Morgan fingerprint density at radius 2 is 2.20 bits per heavy atom. The van der Waals surface area contributed by atoms with Gasteiger partial charge in [-0.1, -0.05) is 18.2 Å². The number of nitrogens with one attached hydrogen (secondary N) is 2. The molecular formula is C11H11ClN2O. The number of fused-ring (bicyclic) bond motifs is 1. The lowest BCUT2D eigenvalue weighted by molar-refractivity contribution is -0.120. The fourth-order valence-corrected chi connectivity index (χ4v) is 1.73. The summed E-state index contributed by atoms with van der Waals surface area (Å²) in [5.74, 6) is -0.205. The Hall–Kier alpha value is -1.48. The molecule has 1 heterocycles. The van der Waals surface area contributed by atoms with Crippen molar-refractivity contribution >= 4 is 28.4 Å². The van der Waals surface area contributed by atoms with Crippen molar-refractivity contribution in [3.63, 3.8) is 0 Å². The number of aromatic amines is 1. The standard InChI is InChI=1S/C11H11ClN2O/c1-13-11(15)10(12)9-6-7-4-2-3-5-8(7)14-9/h2-6,10,14H,1H3,(H,13,15). The predicted octanol–water partition coefficient (Wildman–Crippen LogP) is 2.19. The van der Waals surface area contributed by atoms with Gasteiger partial charge < -0.3 is 10.3 Å². The van der Waals surface area contributed by atoms with E-state index in [2.05, 4.69) is 10.3 Å². The fourth-order valence-electron chi connectivity index (χ4n) is 1.50. The van der Waals surface area contributed by atoms with Crippen LogP contribution >= 0.6 is 11.6 Å². The minimum absolute atomic E-state index is 0.205. The minimum Gasteiger partial charge on any atom is -0.358 e. The van der Waals surface area contributed by atoms with Crippen molar-refractivity contribution < 1.29 is 4.79 Å². The molecule has 1 unspecified atom stereocenters. The van der Waals surface area contributed by atoms with E-state index in [4.69, 9.17) is 11.6 Å². The van der Waals surface area contributed by atoms with Crippen molar-refractivity contribution in [1.29, 1.82) is 0 Å². The number of halogens is 1. The molecular weight excluding hydrogens is 212 g/mol. The Bertz CT molecular complexity index is 459. The van der Waals surface area contributed by atoms with Gasteiger partial charge in [0.15, 0.2) is 5.38 Å². The zero-order valence-electron chi connectivity index (χ0n) is 8.25. The molecule has 2 aromatic rings. The van der Waals surface area contributed by atoms with Gasteiger partial charge >= 0.3 is 0 Å². The molecule has 2 rings (SSSR count). The molecule has 15 heavy (non-hydrogen) atoms. The summed E-state index contributed by atoms with van der Waals surface area (Å²) in [7, 11) is 1.57. The topological polar surface area (TPSA) is 44.9 Å². The third-order valence-corrected chi connectivity index (χ3v) is 2.73. The van der Waals surface area contributed by atoms with Crippen LogP contribution in [0.3, 0.4) is 0 Å². The van der Waals surface area contributed by atoms with Gasteiger partial charge in [0.05, 0.1) is 0 Å². The van der Waals surface area contributed by atoms with Gasteiger partial charge in [0.2, 0.25) is 5.91 Å². The van der Waals surface area contributed by atoms with Crippen molar-refractivity contribution in [2.75, 3.05) is 7.05 Å². The SMILES string of the molecule is CNC(=O)C(Cl)c1cc2ccccc2[nH]1. The molecule has 1 amide bonds. The Morgan fingerprint density at radius 1 is 1.47 bits per heavy atom. The van der Waals surface area contributed by atoms with E-state index < -0.39 is 5.38 Å². The second-order valence-electron chi connectivity index (χ2n) is 3.29. The van der Waals surface area contributed by atoms with Crippen LogP contribution in [0.4, 0.5) is 0 Å². The molecule has 0 saturated carbocycles. The lowest BCUT2D eigenvalue weighted by Crippen LogP contribution is -2.22. The zero-order chi connectivity index (χ0) is 10.8. The van der Waals surface area contributed by atoms with E-state index >= 15 is 0 Å². The average molecular weight is 223 g/mol. The Labute approximate surface area is 92.4 Å². The number of rotatable bonds is 2. The van der Waals surface area contributed by atoms with Gasteiger partial charge in [0, 0.05) is 18.3 Å². The monoisotopic (exact) mass is 222 g/mol. The third kappa shape index (κ3) is 1.83. The highest BCUT2D eigenvalue weighted by Crippen LogP contribution is 2.24. The van der Waals surface area contributed by atoms with Crippen molar-refractivity contribution in [1.82, 2.24) is 10.3 Å². The van der Waals surface area contributed by atoms with Gasteiger partial charge in [0.1, 0.15) is 0 Å². The molecule has 4 heteroatoms. The first-order chi connectivity index (χ1) is 7.22. The zero-order valence-corrected chi connectivity index (χ0v) is 9.01. The summed E-state index contributed by atoms with van der Waals surface area (Å²) in [5, 5.41) is 2.91. The van der Waals surface area contributed by atoms with Crippen molar-refractivity contribution in [3.05, 3.63) is 36.0 Å². The van der Waals surface area contributed by atoms with Crippen molar-refractivity contribution in [2.24, 2.45) is 0 Å². The van der Waals surface area contributed by atoms with Crippen LogP contribution < -0.4 is 5.32 Å². The van der Waals surface area contributed by atoms with Crippen LogP contribution in [0, 0.1) is 0 Å². The van der Waals surface area contributed by atoms with Crippen LogP contribution in [-0.2, 0) is 4.79 Å². The van der Waals surface area contributed by atoms with E-state index in [0.717, 1.165) is 16.6 Å². The number of carbonyl (C=O) groups is 1. The normalized spacial score (nSPS) is 12.7. The molecule has 0 aliphatic carbocycles. The number of likely N-dealkylation sites (N-methyl/N-ethyl adjacent to an activating group) is 1. The molecule has 78 valence electrons. The molecule has 0 radical (unpaired) electrons. The summed E-state index contributed by atoms with van der Waals surface area (Å²) in [5.41, 5.74) is 1.71. The number of amides is 1. The maximum atomic E-state index is 11.3. The Balaban J connectivity index is 2.40. The first-order valence-electron chi connectivity index (χ1n) is 4.65. The van der Waals surface area contributed by atoms with Gasteiger partial charge in [-0.3, -0.25) is 4.79 Å². The molecule has 0 aliphatic rings. The first kappa shape index (κ1) is 10.1. The summed E-state index contributed by atoms with van der Waals surface area (Å²) >= 11 is 5.98. The molecule has 0 aliphatic heterocycles. The number of benzene rings is 1. The second-order valence-corrected chi connectivity index (χ2v) is 3.73. The van der Waals surface area contributed by atoms with Crippen LogP contribution in [0.5, 0.6) is 0 Å². The number of aromatic nitrogens is 1. The van der Waals surface area contributed by atoms with E-state index in [1.807, 2.05) is 30.3 Å². The maximum absolute atomic E-state index is 11.3. The second kappa shape index (κ2) is 3.95. The van der Waals surface area contributed by atoms with Gasteiger partial charge in [-0.05, 0) is 17.5 Å². The van der Waals surface area contributed by atoms with Gasteiger partial charge in [-0.2, -0.15) is 0 Å². The molecule has 1 aromatic heterocycles. The summed E-state index contributed by atoms with van der Waals surface area (Å²) < 4.78 is 0. The van der Waals surface area contributed by atoms with E-state index in [1.165, 1.54) is 0 Å². The quantitative estimate of drug-likeness (QED) is 0.752. The number of carbonyl (C=O) groups excluding carboxylic acids is 1. The lowest BCUT2D eigenvalue weighted by atomic mass is 10.2. The van der Waals surface area contributed by atoms with E-state index in [-0.39, 0.29) is 5.91 Å². The van der Waals surface area contributed by atoms with Crippen LogP contribution in [0.2, 0.25) is 0 Å². The summed E-state index contributed by atoms with van der Waals surface area (Å²) in [6, 6.07) is 9.70. The molecule has 1 atom stereocenters. The van der Waals surface area contributed by atoms with E-state index in [0.29, 0.717) is 0 Å². The lowest BCUT2D eigenvalue weighted by Gasteiger charge is -2.04. The smallest absolute Gasteiger partial charge is 0.243 e. The predicted molar refractivity (Wildman–Crippen MR) is 61.0 cm³/mol. The highest BCUT2D eigenvalue weighted by Gasteiger charge is 2.17. The van der Waals surface area contributed by atoms with Gasteiger partial charge in [-0.25, -0.2) is 0 Å². The molecule has 2 N–H and O–H groups in total. The highest BCUT2D eigenvalue weighted by molar-refractivity contribution is 6.30. The van der Waals surface area contributed by atoms with Crippen LogP contribution in [0.1, 0.15) is 11.1 Å². The summed E-state index contributed by atoms with van der Waals surface area (Å²) in [6.07, 6.45) is 0. The number of hydrogen-bond acceptors (Lipinski definition) is 1. The summed E-state index contributed by atoms with van der Waals surface area (Å²) in [4.78, 5) is 14.4. The van der Waals surface area contributed by atoms with E-state index in [9.17, 15) is 4.79 Å². The number of para-hydroxylation sites is 1. The van der Waals surface area contributed by atoms with Crippen molar-refractivity contribution in [3.8, 4) is 0 Å². The number of hydrogen-bond donors (Lipinski definition) is 2. The summed E-state index contributed by atoms with van der Waals surface area (Å²) in [6.45, 7) is 0. The van der Waals surface area contributed by atoms with Crippen molar-refractivity contribution in [2.45, 2.75) is 5.38 Å². The maximum Gasteiger partial charge on any atom is 0.243 e. The number of H-pyrrole nitrogens is 1. The van der Waals surface area contributed by atoms with E-state index in [1.54, 1.807) is 7.05 Å². The third-order valence-electron chi connectivity index (χ3n) is 2.30. The Morgan fingerprint density at radius 3 is 2.87 bits per heavy atom. The average Bonchev–Trinajstić information content (AvgIpc) is 2.70. The van der Waals surface area contributed by atoms with Gasteiger partial charge in [0.25, 0.3) is 0 Å². The van der Waals surface area contributed by atoms with Gasteiger partial charge in [-0.15, -0.1) is 11.6 Å². The van der Waals surface area contributed by atoms with Crippen LogP contribution in [-0.4, -0.2) is 17.9 Å². The van der Waals surface area contributed by atoms with Crippen LogP contribution in [0.25, 0.3) is 10.9 Å². The molecule has 1 aromatic carbocycles. The largest absolute Gasteiger partial charge is 0.358 e. The molecule has 0 fully saturated rings. The first-order valence-corrected chi connectivity index (χ1v) is 5.09. The molecule has 0 saturated heterocycles.